The average Bonchev–Trinajstić information content (AvgIpc) is 2.91. The second-order valence-corrected chi connectivity index (χ2v) is 6.25. The van der Waals surface area contributed by atoms with Crippen LogP contribution >= 0.6 is 11.3 Å². The zero-order valence-corrected chi connectivity index (χ0v) is 15.1. The molecule has 1 amide bonds. The van der Waals surface area contributed by atoms with E-state index in [9.17, 15) is 9.59 Å². The Balaban J connectivity index is 2.49. The first-order chi connectivity index (χ1) is 11.5. The first-order valence-corrected chi connectivity index (χ1v) is 8.50. The van der Waals surface area contributed by atoms with Gasteiger partial charge in [-0.15, -0.1) is 11.3 Å². The molecule has 0 atom stereocenters. The molecule has 0 fully saturated rings. The molecule has 1 N–H and O–H groups in total. The van der Waals surface area contributed by atoms with E-state index in [1.54, 1.807) is 6.92 Å². The van der Waals surface area contributed by atoms with Gasteiger partial charge in [0.15, 0.2) is 0 Å². The van der Waals surface area contributed by atoms with E-state index in [0.29, 0.717) is 10.6 Å². The zero-order valence-electron chi connectivity index (χ0n) is 14.3. The fourth-order valence-corrected chi connectivity index (χ4v) is 3.43. The minimum atomic E-state index is -0.443. The van der Waals surface area contributed by atoms with Crippen LogP contribution in [0.3, 0.4) is 0 Å². The number of ether oxygens (including phenoxy) is 2. The third-order valence-corrected chi connectivity index (χ3v) is 4.37. The number of methoxy groups -OCH3 is 1. The molecule has 24 heavy (non-hydrogen) atoms. The van der Waals surface area contributed by atoms with Crippen LogP contribution in [0.5, 0.6) is 0 Å². The van der Waals surface area contributed by atoms with Crippen molar-refractivity contribution in [3.05, 3.63) is 40.3 Å². The lowest BCUT2D eigenvalue weighted by molar-refractivity contribution is -0.119. The third kappa shape index (κ3) is 4.01. The Labute approximate surface area is 145 Å². The standard InChI is InChI=1S/C18H21NO4S/c1-5-23-18(21)16-14(13-7-6-11(2)8-12(13)3)10-24-17(16)19-15(20)9-22-4/h6-8,10H,5,9H2,1-4H3,(H,19,20). The number of hydrogen-bond acceptors (Lipinski definition) is 5. The molecular weight excluding hydrogens is 326 g/mol. The number of carbonyl (C=O) groups is 2. The minimum absolute atomic E-state index is 0.0704. The molecule has 2 rings (SSSR count). The van der Waals surface area contributed by atoms with Gasteiger partial charge < -0.3 is 14.8 Å². The first kappa shape index (κ1) is 18.2. The van der Waals surface area contributed by atoms with Crippen molar-refractivity contribution in [1.82, 2.24) is 0 Å². The topological polar surface area (TPSA) is 64.6 Å². The van der Waals surface area contributed by atoms with E-state index in [4.69, 9.17) is 9.47 Å². The number of benzene rings is 1. The molecule has 0 aliphatic rings. The maximum Gasteiger partial charge on any atom is 0.341 e. The van der Waals surface area contributed by atoms with Gasteiger partial charge in [0.05, 0.1) is 6.61 Å². The summed E-state index contributed by atoms with van der Waals surface area (Å²) in [6.45, 7) is 5.97. The molecule has 1 aromatic heterocycles. The van der Waals surface area contributed by atoms with Gasteiger partial charge in [-0.05, 0) is 31.9 Å². The van der Waals surface area contributed by atoms with E-state index >= 15 is 0 Å². The van der Waals surface area contributed by atoms with E-state index in [1.807, 2.05) is 31.4 Å². The minimum Gasteiger partial charge on any atom is -0.462 e. The molecule has 1 heterocycles. The fraction of sp³-hybridized carbons (Fsp3) is 0.333. The van der Waals surface area contributed by atoms with Crippen molar-refractivity contribution in [2.24, 2.45) is 0 Å². The van der Waals surface area contributed by atoms with E-state index in [-0.39, 0.29) is 19.1 Å². The number of rotatable bonds is 6. The average molecular weight is 347 g/mol. The summed E-state index contributed by atoms with van der Waals surface area (Å²) in [7, 11) is 1.45. The van der Waals surface area contributed by atoms with Crippen molar-refractivity contribution in [3.8, 4) is 11.1 Å². The van der Waals surface area contributed by atoms with Gasteiger partial charge in [-0.25, -0.2) is 4.79 Å². The smallest absolute Gasteiger partial charge is 0.341 e. The second kappa shape index (κ2) is 8.08. The Morgan fingerprint density at radius 2 is 1.96 bits per heavy atom. The maximum absolute atomic E-state index is 12.4. The largest absolute Gasteiger partial charge is 0.462 e. The van der Waals surface area contributed by atoms with Gasteiger partial charge in [0.2, 0.25) is 0 Å². The number of esters is 1. The molecule has 0 saturated heterocycles. The van der Waals surface area contributed by atoms with Gasteiger partial charge in [0.25, 0.3) is 5.91 Å². The summed E-state index contributed by atoms with van der Waals surface area (Å²) in [5.74, 6) is -0.751. The predicted octanol–water partition coefficient (Wildman–Crippen LogP) is 3.79. The van der Waals surface area contributed by atoms with E-state index in [0.717, 1.165) is 22.3 Å². The van der Waals surface area contributed by atoms with Crippen LogP contribution in [0, 0.1) is 13.8 Å². The molecular formula is C18H21NO4S. The molecule has 6 heteroatoms. The second-order valence-electron chi connectivity index (χ2n) is 5.37. The highest BCUT2D eigenvalue weighted by Gasteiger charge is 2.23. The molecule has 0 unspecified atom stereocenters. The molecule has 128 valence electrons. The lowest BCUT2D eigenvalue weighted by Crippen LogP contribution is -2.18. The van der Waals surface area contributed by atoms with Crippen LogP contribution in [0.4, 0.5) is 5.00 Å². The monoisotopic (exact) mass is 347 g/mol. The third-order valence-electron chi connectivity index (χ3n) is 3.47. The first-order valence-electron chi connectivity index (χ1n) is 7.63. The highest BCUT2D eigenvalue weighted by molar-refractivity contribution is 7.15. The van der Waals surface area contributed by atoms with Crippen LogP contribution in [-0.2, 0) is 14.3 Å². The predicted molar refractivity (Wildman–Crippen MR) is 95.7 cm³/mol. The number of hydrogen-bond donors (Lipinski definition) is 1. The normalized spacial score (nSPS) is 10.5. The van der Waals surface area contributed by atoms with Crippen molar-refractivity contribution in [1.29, 1.82) is 0 Å². The summed E-state index contributed by atoms with van der Waals surface area (Å²) in [5.41, 5.74) is 4.32. The van der Waals surface area contributed by atoms with E-state index < -0.39 is 5.97 Å². The van der Waals surface area contributed by atoms with Crippen molar-refractivity contribution in [2.45, 2.75) is 20.8 Å². The number of carbonyl (C=O) groups excluding carboxylic acids is 2. The summed E-state index contributed by atoms with van der Waals surface area (Å²) in [4.78, 5) is 24.3. The molecule has 0 aliphatic heterocycles. The van der Waals surface area contributed by atoms with Crippen molar-refractivity contribution < 1.29 is 19.1 Å². The molecule has 2 aromatic rings. The van der Waals surface area contributed by atoms with Crippen LogP contribution < -0.4 is 5.32 Å². The van der Waals surface area contributed by atoms with Crippen molar-refractivity contribution in [3.63, 3.8) is 0 Å². The van der Waals surface area contributed by atoms with Gasteiger partial charge in [-0.3, -0.25) is 4.79 Å². The summed E-state index contributed by atoms with van der Waals surface area (Å²) >= 11 is 1.30. The van der Waals surface area contributed by atoms with E-state index in [1.165, 1.54) is 18.4 Å². The molecule has 5 nitrogen and oxygen atoms in total. The lowest BCUT2D eigenvalue weighted by Gasteiger charge is -2.10. The zero-order chi connectivity index (χ0) is 17.7. The Kier molecular flexibility index (Phi) is 6.11. The number of thiophene rings is 1. The Hall–Kier alpha value is -2.18. The van der Waals surface area contributed by atoms with Gasteiger partial charge in [0, 0.05) is 18.1 Å². The van der Waals surface area contributed by atoms with Crippen molar-refractivity contribution in [2.75, 3.05) is 25.6 Å². The molecule has 0 aliphatic carbocycles. The molecule has 0 spiro atoms. The van der Waals surface area contributed by atoms with Gasteiger partial charge in [-0.2, -0.15) is 0 Å². The Morgan fingerprint density at radius 1 is 1.21 bits per heavy atom. The number of nitrogens with one attached hydrogen (secondary N) is 1. The molecule has 0 bridgehead atoms. The van der Waals surface area contributed by atoms with Crippen LogP contribution in [0.25, 0.3) is 11.1 Å². The SMILES string of the molecule is CCOC(=O)c1c(-c2ccc(C)cc2C)csc1NC(=O)COC. The quantitative estimate of drug-likeness (QED) is 0.808. The highest BCUT2D eigenvalue weighted by Crippen LogP contribution is 2.37. The summed E-state index contributed by atoms with van der Waals surface area (Å²) in [6, 6.07) is 6.04. The summed E-state index contributed by atoms with van der Waals surface area (Å²) < 4.78 is 10.0. The van der Waals surface area contributed by atoms with Crippen LogP contribution in [0.15, 0.2) is 23.6 Å². The van der Waals surface area contributed by atoms with Crippen LogP contribution in [0.1, 0.15) is 28.4 Å². The van der Waals surface area contributed by atoms with Crippen LogP contribution in [0.2, 0.25) is 0 Å². The highest BCUT2D eigenvalue weighted by atomic mass is 32.1. The Morgan fingerprint density at radius 3 is 2.58 bits per heavy atom. The molecule has 1 aromatic carbocycles. The fourth-order valence-electron chi connectivity index (χ4n) is 2.46. The molecule has 0 saturated carbocycles. The Bertz CT molecular complexity index is 751. The van der Waals surface area contributed by atoms with Gasteiger partial charge >= 0.3 is 5.97 Å². The number of anilines is 1. The number of amides is 1. The molecule has 0 radical (unpaired) electrons. The summed E-state index contributed by atoms with van der Waals surface area (Å²) in [5, 5.41) is 5.07. The van der Waals surface area contributed by atoms with Gasteiger partial charge in [0.1, 0.15) is 17.2 Å². The maximum atomic E-state index is 12.4. The van der Waals surface area contributed by atoms with E-state index in [2.05, 4.69) is 11.4 Å². The lowest BCUT2D eigenvalue weighted by atomic mass is 9.97. The summed E-state index contributed by atoms with van der Waals surface area (Å²) in [6.07, 6.45) is 0. The number of aryl methyl sites for hydroxylation is 2. The van der Waals surface area contributed by atoms with Gasteiger partial charge in [-0.1, -0.05) is 23.8 Å². The van der Waals surface area contributed by atoms with Crippen molar-refractivity contribution >= 4 is 28.2 Å². The van der Waals surface area contributed by atoms with Crippen LogP contribution in [-0.4, -0.2) is 32.2 Å².